The maximum atomic E-state index is 13.4. The molecule has 2 amide bonds. The van der Waals surface area contributed by atoms with Crippen LogP contribution in [0.2, 0.25) is 0 Å². The zero-order chi connectivity index (χ0) is 15.7. The number of oxazole rings is 1. The van der Waals surface area contributed by atoms with Crippen LogP contribution >= 0.6 is 0 Å². The van der Waals surface area contributed by atoms with Gasteiger partial charge in [-0.1, -0.05) is 0 Å². The van der Waals surface area contributed by atoms with Gasteiger partial charge in [0.05, 0.1) is 11.2 Å². The molecule has 0 radical (unpaired) electrons. The molecule has 22 heavy (non-hydrogen) atoms. The Labute approximate surface area is 121 Å². The van der Waals surface area contributed by atoms with E-state index in [9.17, 15) is 18.4 Å². The minimum absolute atomic E-state index is 0.159. The zero-order valence-corrected chi connectivity index (χ0v) is 10.9. The van der Waals surface area contributed by atoms with Gasteiger partial charge in [0.25, 0.3) is 0 Å². The summed E-state index contributed by atoms with van der Waals surface area (Å²) in [5.41, 5.74) is 0.944. The van der Waals surface area contributed by atoms with Gasteiger partial charge in [0.15, 0.2) is 5.58 Å². The van der Waals surface area contributed by atoms with Gasteiger partial charge in [-0.3, -0.25) is 4.98 Å². The summed E-state index contributed by atoms with van der Waals surface area (Å²) in [5.74, 6) is -2.23. The number of carbonyl (C=O) groups excluding carboxylic acids is 1. The van der Waals surface area contributed by atoms with Gasteiger partial charge in [0, 0.05) is 17.8 Å². The first-order chi connectivity index (χ1) is 10.5. The van der Waals surface area contributed by atoms with E-state index in [0.29, 0.717) is 17.3 Å². The number of carbonyl (C=O) groups is 1. The number of urea groups is 1. The van der Waals surface area contributed by atoms with E-state index in [1.807, 2.05) is 0 Å². The van der Waals surface area contributed by atoms with Crippen LogP contribution in [0.4, 0.5) is 25.0 Å². The molecule has 0 unspecified atom stereocenters. The van der Waals surface area contributed by atoms with Gasteiger partial charge in [0.1, 0.15) is 11.6 Å². The Bertz CT molecular complexity index is 917. The number of hydrogen-bond donors (Lipinski definition) is 3. The normalized spacial score (nSPS) is 10.6. The molecule has 1 aromatic heterocycles. The number of benzene rings is 2. The fourth-order valence-corrected chi connectivity index (χ4v) is 1.90. The number of rotatable bonds is 2. The van der Waals surface area contributed by atoms with Crippen molar-refractivity contribution in [3.05, 3.63) is 58.6 Å². The fraction of sp³-hybridized carbons (Fsp3) is 0. The molecule has 0 saturated heterocycles. The first-order valence-electron chi connectivity index (χ1n) is 6.17. The van der Waals surface area contributed by atoms with Gasteiger partial charge < -0.3 is 15.1 Å². The van der Waals surface area contributed by atoms with Crippen LogP contribution in [-0.2, 0) is 0 Å². The van der Waals surface area contributed by atoms with Gasteiger partial charge in [-0.05, 0) is 24.3 Å². The van der Waals surface area contributed by atoms with E-state index >= 15 is 0 Å². The number of halogens is 2. The minimum atomic E-state index is -0.887. The largest absolute Gasteiger partial charge is 0.417 e. The van der Waals surface area contributed by atoms with Crippen LogP contribution in [0.25, 0.3) is 11.1 Å². The Kier molecular flexibility index (Phi) is 3.34. The second-order valence-electron chi connectivity index (χ2n) is 4.43. The second kappa shape index (κ2) is 5.32. The summed E-state index contributed by atoms with van der Waals surface area (Å²) in [5, 5.41) is 4.69. The Morgan fingerprint density at radius 1 is 1.09 bits per heavy atom. The quantitative estimate of drug-likeness (QED) is 0.680. The highest BCUT2D eigenvalue weighted by molar-refractivity contribution is 6.00. The first-order valence-corrected chi connectivity index (χ1v) is 6.17. The highest BCUT2D eigenvalue weighted by Gasteiger charge is 2.09. The molecular weight excluding hydrogens is 296 g/mol. The van der Waals surface area contributed by atoms with Crippen LogP contribution in [-0.4, -0.2) is 11.0 Å². The predicted octanol–water partition coefficient (Wildman–Crippen LogP) is 3.04. The van der Waals surface area contributed by atoms with Crippen LogP contribution in [0.1, 0.15) is 0 Å². The number of aromatic amines is 1. The third-order valence-corrected chi connectivity index (χ3v) is 2.86. The number of amides is 2. The Morgan fingerprint density at radius 3 is 2.68 bits per heavy atom. The lowest BCUT2D eigenvalue weighted by atomic mass is 10.3. The summed E-state index contributed by atoms with van der Waals surface area (Å²) in [7, 11) is 0. The molecule has 1 heterocycles. The average molecular weight is 305 g/mol. The van der Waals surface area contributed by atoms with Gasteiger partial charge in [-0.15, -0.1) is 0 Å². The summed E-state index contributed by atoms with van der Waals surface area (Å²) in [6, 6.07) is 6.60. The molecule has 0 aliphatic carbocycles. The summed E-state index contributed by atoms with van der Waals surface area (Å²) in [6.07, 6.45) is 0. The van der Waals surface area contributed by atoms with Gasteiger partial charge >= 0.3 is 11.8 Å². The number of nitrogens with one attached hydrogen (secondary N) is 3. The van der Waals surface area contributed by atoms with E-state index in [-0.39, 0.29) is 11.3 Å². The number of aromatic nitrogens is 1. The predicted molar refractivity (Wildman–Crippen MR) is 75.8 cm³/mol. The van der Waals surface area contributed by atoms with Crippen LogP contribution < -0.4 is 16.4 Å². The Morgan fingerprint density at radius 2 is 1.91 bits per heavy atom. The molecule has 0 spiro atoms. The molecule has 3 N–H and O–H groups in total. The fourth-order valence-electron chi connectivity index (χ4n) is 1.90. The third kappa shape index (κ3) is 2.80. The zero-order valence-electron chi connectivity index (χ0n) is 10.9. The van der Waals surface area contributed by atoms with Crippen molar-refractivity contribution in [3.63, 3.8) is 0 Å². The van der Waals surface area contributed by atoms with E-state index in [1.54, 1.807) is 6.07 Å². The Balaban J connectivity index is 1.76. The summed E-state index contributed by atoms with van der Waals surface area (Å²) in [4.78, 5) is 25.3. The maximum Gasteiger partial charge on any atom is 0.417 e. The molecule has 0 bridgehead atoms. The Hall–Kier alpha value is -3.16. The molecule has 2 aromatic carbocycles. The molecule has 6 nitrogen and oxygen atoms in total. The summed E-state index contributed by atoms with van der Waals surface area (Å²) < 4.78 is 31.1. The van der Waals surface area contributed by atoms with Crippen molar-refractivity contribution in [3.8, 4) is 0 Å². The van der Waals surface area contributed by atoms with Crippen LogP contribution in [0.5, 0.6) is 0 Å². The van der Waals surface area contributed by atoms with Crippen LogP contribution in [0, 0.1) is 11.6 Å². The van der Waals surface area contributed by atoms with Crippen LogP contribution in [0.15, 0.2) is 45.6 Å². The molecule has 3 aromatic rings. The van der Waals surface area contributed by atoms with Crippen molar-refractivity contribution in [2.24, 2.45) is 0 Å². The standard InChI is InChI=1S/C14H9F2N3O3/c15-7-1-3-10(9(16)5-7)18-13(20)17-8-2-4-11-12(6-8)22-14(21)19-11/h1-6H,(H,19,21)(H2,17,18,20). The molecule has 0 atom stereocenters. The van der Waals surface area contributed by atoms with E-state index in [1.165, 1.54) is 12.1 Å². The lowest BCUT2D eigenvalue weighted by Crippen LogP contribution is -2.20. The van der Waals surface area contributed by atoms with Crippen molar-refractivity contribution in [2.75, 3.05) is 10.6 Å². The first kappa shape index (κ1) is 13.8. The monoisotopic (exact) mass is 305 g/mol. The lowest BCUT2D eigenvalue weighted by molar-refractivity contribution is 0.262. The molecule has 3 rings (SSSR count). The van der Waals surface area contributed by atoms with Crippen molar-refractivity contribution in [2.45, 2.75) is 0 Å². The average Bonchev–Trinajstić information content (AvgIpc) is 2.81. The van der Waals surface area contributed by atoms with E-state index < -0.39 is 23.4 Å². The molecule has 0 fully saturated rings. The van der Waals surface area contributed by atoms with Crippen molar-refractivity contribution in [1.29, 1.82) is 0 Å². The molecule has 8 heteroatoms. The van der Waals surface area contributed by atoms with Crippen molar-refractivity contribution >= 4 is 28.5 Å². The van der Waals surface area contributed by atoms with Crippen molar-refractivity contribution in [1.82, 2.24) is 4.98 Å². The van der Waals surface area contributed by atoms with Gasteiger partial charge in [-0.25, -0.2) is 18.4 Å². The molecule has 0 aliphatic heterocycles. The maximum absolute atomic E-state index is 13.4. The summed E-state index contributed by atoms with van der Waals surface area (Å²) >= 11 is 0. The molecule has 0 saturated carbocycles. The van der Waals surface area contributed by atoms with Gasteiger partial charge in [0.2, 0.25) is 0 Å². The number of hydrogen-bond acceptors (Lipinski definition) is 3. The molecule has 112 valence electrons. The molecule has 0 aliphatic rings. The lowest BCUT2D eigenvalue weighted by Gasteiger charge is -2.08. The summed E-state index contributed by atoms with van der Waals surface area (Å²) in [6.45, 7) is 0. The number of anilines is 2. The van der Waals surface area contributed by atoms with E-state index in [4.69, 9.17) is 4.42 Å². The number of H-pyrrole nitrogens is 1. The van der Waals surface area contributed by atoms with Crippen LogP contribution in [0.3, 0.4) is 0 Å². The molecular formula is C14H9F2N3O3. The second-order valence-corrected chi connectivity index (χ2v) is 4.43. The SMILES string of the molecule is O=C(Nc1ccc2[nH]c(=O)oc2c1)Nc1ccc(F)cc1F. The highest BCUT2D eigenvalue weighted by Crippen LogP contribution is 2.18. The smallest absolute Gasteiger partial charge is 0.408 e. The van der Waals surface area contributed by atoms with E-state index in [0.717, 1.165) is 12.1 Å². The van der Waals surface area contributed by atoms with E-state index in [2.05, 4.69) is 15.6 Å². The van der Waals surface area contributed by atoms with Crippen molar-refractivity contribution < 1.29 is 18.0 Å². The minimum Gasteiger partial charge on any atom is -0.408 e. The third-order valence-electron chi connectivity index (χ3n) is 2.86. The van der Waals surface area contributed by atoms with Gasteiger partial charge in [-0.2, -0.15) is 0 Å². The highest BCUT2D eigenvalue weighted by atomic mass is 19.1. The topological polar surface area (TPSA) is 87.1 Å². The number of fused-ring (bicyclic) bond motifs is 1.